The summed E-state index contributed by atoms with van der Waals surface area (Å²) in [5, 5.41) is 2.87. The standard InChI is InChI=1S/C18H24ClFN2O3/c1-11(12-7-8-14(20)13(19)10-12)21-16(23)15-6-5-9-22(15)17(24)25-18(2,3)4/h7-8,10-11,15H,5-6,9H2,1-4H3,(H,21,23). The molecule has 7 heteroatoms. The predicted octanol–water partition coefficient (Wildman–Crippen LogP) is 4.06. The summed E-state index contributed by atoms with van der Waals surface area (Å²) in [7, 11) is 0. The molecule has 1 aliphatic rings. The van der Waals surface area contributed by atoms with E-state index in [0.717, 1.165) is 6.42 Å². The second-order valence-electron chi connectivity index (χ2n) is 7.24. The molecule has 5 nitrogen and oxygen atoms in total. The summed E-state index contributed by atoms with van der Waals surface area (Å²) in [6.07, 6.45) is 0.846. The quantitative estimate of drug-likeness (QED) is 0.873. The number of hydrogen-bond acceptors (Lipinski definition) is 3. The summed E-state index contributed by atoms with van der Waals surface area (Å²) in [5.41, 5.74) is 0.0836. The number of amides is 2. The maximum absolute atomic E-state index is 13.3. The number of nitrogens with zero attached hydrogens (tertiary/aromatic N) is 1. The normalized spacial score (nSPS) is 18.8. The molecule has 2 unspecified atom stereocenters. The van der Waals surface area contributed by atoms with Crippen molar-refractivity contribution in [2.45, 2.75) is 58.2 Å². The monoisotopic (exact) mass is 370 g/mol. The predicted molar refractivity (Wildman–Crippen MR) is 93.9 cm³/mol. The van der Waals surface area contributed by atoms with Gasteiger partial charge in [0.25, 0.3) is 0 Å². The minimum Gasteiger partial charge on any atom is -0.444 e. The molecule has 1 saturated heterocycles. The molecule has 1 fully saturated rings. The first-order valence-electron chi connectivity index (χ1n) is 8.33. The molecule has 0 bridgehead atoms. The van der Waals surface area contributed by atoms with Crippen molar-refractivity contribution in [1.82, 2.24) is 10.2 Å². The first kappa shape index (κ1) is 19.5. The minimum absolute atomic E-state index is 0.00912. The van der Waals surface area contributed by atoms with Crippen LogP contribution in [0.5, 0.6) is 0 Å². The lowest BCUT2D eigenvalue weighted by atomic mass is 10.1. The van der Waals surface area contributed by atoms with E-state index < -0.39 is 23.6 Å². The van der Waals surface area contributed by atoms with Gasteiger partial charge in [-0.2, -0.15) is 0 Å². The van der Waals surface area contributed by atoms with E-state index in [1.54, 1.807) is 33.8 Å². The van der Waals surface area contributed by atoms with E-state index in [9.17, 15) is 14.0 Å². The number of ether oxygens (including phenoxy) is 1. The van der Waals surface area contributed by atoms with Crippen molar-refractivity contribution in [1.29, 1.82) is 0 Å². The molecule has 0 radical (unpaired) electrons. The molecule has 0 saturated carbocycles. The Morgan fingerprint density at radius 3 is 2.68 bits per heavy atom. The van der Waals surface area contributed by atoms with E-state index in [1.165, 1.54) is 17.0 Å². The van der Waals surface area contributed by atoms with E-state index in [0.29, 0.717) is 18.5 Å². The largest absolute Gasteiger partial charge is 0.444 e. The van der Waals surface area contributed by atoms with E-state index in [1.807, 2.05) is 0 Å². The van der Waals surface area contributed by atoms with Gasteiger partial charge in [0, 0.05) is 6.54 Å². The topological polar surface area (TPSA) is 58.6 Å². The Kier molecular flexibility index (Phi) is 5.93. The van der Waals surface area contributed by atoms with Gasteiger partial charge in [0.1, 0.15) is 17.5 Å². The van der Waals surface area contributed by atoms with Crippen molar-refractivity contribution in [3.63, 3.8) is 0 Å². The number of likely N-dealkylation sites (tertiary alicyclic amines) is 1. The molecule has 25 heavy (non-hydrogen) atoms. The summed E-state index contributed by atoms with van der Waals surface area (Å²) in [6.45, 7) is 7.64. The number of benzene rings is 1. The molecule has 0 aromatic heterocycles. The van der Waals surface area contributed by atoms with E-state index in [4.69, 9.17) is 16.3 Å². The van der Waals surface area contributed by atoms with Gasteiger partial charge < -0.3 is 10.1 Å². The SMILES string of the molecule is CC(NC(=O)C1CCCN1C(=O)OC(C)(C)C)c1ccc(F)c(Cl)c1. The molecular weight excluding hydrogens is 347 g/mol. The highest BCUT2D eigenvalue weighted by Gasteiger charge is 2.37. The molecule has 1 aromatic carbocycles. The lowest BCUT2D eigenvalue weighted by Gasteiger charge is -2.28. The maximum Gasteiger partial charge on any atom is 0.410 e. The lowest BCUT2D eigenvalue weighted by molar-refractivity contribution is -0.126. The second kappa shape index (κ2) is 7.60. The highest BCUT2D eigenvalue weighted by Crippen LogP contribution is 2.24. The first-order valence-corrected chi connectivity index (χ1v) is 8.71. The van der Waals surface area contributed by atoms with Crippen LogP contribution in [0.25, 0.3) is 0 Å². The maximum atomic E-state index is 13.3. The van der Waals surface area contributed by atoms with Gasteiger partial charge >= 0.3 is 6.09 Å². The van der Waals surface area contributed by atoms with E-state index >= 15 is 0 Å². The summed E-state index contributed by atoms with van der Waals surface area (Å²) in [6, 6.07) is 3.41. The van der Waals surface area contributed by atoms with Crippen molar-refractivity contribution in [3.05, 3.63) is 34.6 Å². The van der Waals surface area contributed by atoms with Crippen molar-refractivity contribution in [2.24, 2.45) is 0 Å². The number of carbonyl (C=O) groups excluding carboxylic acids is 2. The lowest BCUT2D eigenvalue weighted by Crippen LogP contribution is -2.48. The van der Waals surface area contributed by atoms with Crippen LogP contribution in [-0.2, 0) is 9.53 Å². The fourth-order valence-corrected chi connectivity index (χ4v) is 2.94. The van der Waals surface area contributed by atoms with Gasteiger partial charge in [0.05, 0.1) is 11.1 Å². The third kappa shape index (κ3) is 5.08. The van der Waals surface area contributed by atoms with E-state index in [2.05, 4.69) is 5.32 Å². The number of carbonyl (C=O) groups is 2. The van der Waals surface area contributed by atoms with Crippen molar-refractivity contribution in [3.8, 4) is 0 Å². The first-order chi connectivity index (χ1) is 11.6. The highest BCUT2D eigenvalue weighted by molar-refractivity contribution is 6.30. The van der Waals surface area contributed by atoms with Crippen LogP contribution >= 0.6 is 11.6 Å². The molecule has 0 aliphatic carbocycles. The van der Waals surface area contributed by atoms with Gasteiger partial charge in [-0.05, 0) is 58.2 Å². The average molecular weight is 371 g/mol. The van der Waals surface area contributed by atoms with Crippen LogP contribution in [-0.4, -0.2) is 35.1 Å². The molecule has 2 amide bonds. The van der Waals surface area contributed by atoms with Crippen LogP contribution in [0.2, 0.25) is 5.02 Å². The van der Waals surface area contributed by atoms with Gasteiger partial charge in [-0.15, -0.1) is 0 Å². The van der Waals surface area contributed by atoms with Crippen LogP contribution in [0.15, 0.2) is 18.2 Å². The van der Waals surface area contributed by atoms with Crippen molar-refractivity contribution < 1.29 is 18.7 Å². The third-order valence-electron chi connectivity index (χ3n) is 3.99. The molecule has 2 atom stereocenters. The van der Waals surface area contributed by atoms with Crippen LogP contribution < -0.4 is 5.32 Å². The molecule has 1 aliphatic heterocycles. The Balaban J connectivity index is 2.03. The van der Waals surface area contributed by atoms with Crippen LogP contribution in [0.4, 0.5) is 9.18 Å². The molecule has 138 valence electrons. The third-order valence-corrected chi connectivity index (χ3v) is 4.28. The Labute approximate surface area is 152 Å². The zero-order chi connectivity index (χ0) is 18.8. The Morgan fingerprint density at radius 1 is 1.40 bits per heavy atom. The molecule has 2 rings (SSSR count). The molecule has 1 heterocycles. The van der Waals surface area contributed by atoms with Crippen LogP contribution in [0.3, 0.4) is 0 Å². The Morgan fingerprint density at radius 2 is 2.08 bits per heavy atom. The fourth-order valence-electron chi connectivity index (χ4n) is 2.75. The minimum atomic E-state index is -0.612. The smallest absolute Gasteiger partial charge is 0.410 e. The fraction of sp³-hybridized carbons (Fsp3) is 0.556. The van der Waals surface area contributed by atoms with Gasteiger partial charge in [-0.3, -0.25) is 9.69 Å². The molecule has 0 spiro atoms. The Hall–Kier alpha value is -1.82. The second-order valence-corrected chi connectivity index (χ2v) is 7.64. The van der Waals surface area contributed by atoms with Crippen molar-refractivity contribution in [2.75, 3.05) is 6.54 Å². The van der Waals surface area contributed by atoms with Crippen LogP contribution in [0, 0.1) is 5.82 Å². The number of hydrogen-bond donors (Lipinski definition) is 1. The highest BCUT2D eigenvalue weighted by atomic mass is 35.5. The molecule has 1 N–H and O–H groups in total. The van der Waals surface area contributed by atoms with Crippen LogP contribution in [0.1, 0.15) is 52.1 Å². The summed E-state index contributed by atoms with van der Waals surface area (Å²) in [5.74, 6) is -0.757. The number of nitrogens with one attached hydrogen (secondary N) is 1. The van der Waals surface area contributed by atoms with Crippen molar-refractivity contribution >= 4 is 23.6 Å². The number of rotatable bonds is 3. The zero-order valence-corrected chi connectivity index (χ0v) is 15.7. The zero-order valence-electron chi connectivity index (χ0n) is 14.9. The molecule has 1 aromatic rings. The summed E-state index contributed by atoms with van der Waals surface area (Å²) >= 11 is 5.79. The van der Waals surface area contributed by atoms with Gasteiger partial charge in [-0.25, -0.2) is 9.18 Å². The van der Waals surface area contributed by atoms with Gasteiger partial charge in [0.2, 0.25) is 5.91 Å². The molecular formula is C18H24ClFN2O3. The summed E-state index contributed by atoms with van der Waals surface area (Å²) in [4.78, 5) is 26.3. The summed E-state index contributed by atoms with van der Waals surface area (Å²) < 4.78 is 18.6. The average Bonchev–Trinajstić information content (AvgIpc) is 2.98. The van der Waals surface area contributed by atoms with Gasteiger partial charge in [-0.1, -0.05) is 17.7 Å². The van der Waals surface area contributed by atoms with Gasteiger partial charge in [0.15, 0.2) is 0 Å². The Bertz CT molecular complexity index is 660. The number of halogens is 2. The van der Waals surface area contributed by atoms with E-state index in [-0.39, 0.29) is 17.0 Å².